The quantitative estimate of drug-likeness (QED) is 0.382. The molecule has 1 unspecified atom stereocenters. The number of aryl methyl sites for hydroxylation is 1. The number of ether oxygens (including phenoxy) is 2. The molecule has 3 heterocycles. The van der Waals surface area contributed by atoms with E-state index < -0.39 is 0 Å². The molecule has 4 aromatic rings. The topological polar surface area (TPSA) is 88.8 Å². The Morgan fingerprint density at radius 1 is 1.03 bits per heavy atom. The van der Waals surface area contributed by atoms with Crippen LogP contribution in [0.15, 0.2) is 55.0 Å². The van der Waals surface area contributed by atoms with E-state index in [4.69, 9.17) is 14.5 Å². The molecule has 1 saturated heterocycles. The van der Waals surface area contributed by atoms with Gasteiger partial charge >= 0.3 is 0 Å². The lowest BCUT2D eigenvalue weighted by Crippen LogP contribution is -2.38. The summed E-state index contributed by atoms with van der Waals surface area (Å²) in [7, 11) is 5.20. The predicted octanol–water partition coefficient (Wildman–Crippen LogP) is 3.64. The van der Waals surface area contributed by atoms with Gasteiger partial charge in [0.2, 0.25) is 0 Å². The van der Waals surface area contributed by atoms with E-state index in [1.807, 2.05) is 37.5 Å². The van der Waals surface area contributed by atoms with Gasteiger partial charge in [-0.3, -0.25) is 14.6 Å². The van der Waals surface area contributed by atoms with Crippen molar-refractivity contribution in [1.29, 1.82) is 0 Å². The van der Waals surface area contributed by atoms with Gasteiger partial charge in [0.1, 0.15) is 11.5 Å². The first-order valence-electron chi connectivity index (χ1n) is 12.2. The summed E-state index contributed by atoms with van der Waals surface area (Å²) in [6, 6.07) is 12.3. The molecule has 9 nitrogen and oxygen atoms in total. The maximum atomic E-state index is 9.80. The number of anilines is 2. The van der Waals surface area contributed by atoms with Crippen molar-refractivity contribution < 1.29 is 14.6 Å². The number of rotatable bonds is 9. The monoisotopic (exact) mass is 488 g/mol. The molecule has 0 saturated carbocycles. The van der Waals surface area contributed by atoms with Crippen LogP contribution < -0.4 is 14.4 Å². The second-order valence-corrected chi connectivity index (χ2v) is 9.07. The standard InChI is InChI=1S/C27H32N6O3/c1-31-17-19(15-29-31)27-16-28-25-7-6-20(13-26(25)30-27)33(10-9-32-8-4-5-21(32)18-34)22-11-23(35-2)14-24(12-22)36-3/h6-7,11-17,21,34H,4-5,8-10,18H2,1-3H3. The molecular weight excluding hydrogens is 456 g/mol. The number of benzene rings is 2. The number of aliphatic hydroxyl groups is 1. The summed E-state index contributed by atoms with van der Waals surface area (Å²) in [5.41, 5.74) is 5.30. The maximum Gasteiger partial charge on any atom is 0.124 e. The molecule has 1 aliphatic heterocycles. The predicted molar refractivity (Wildman–Crippen MR) is 140 cm³/mol. The van der Waals surface area contributed by atoms with E-state index in [1.54, 1.807) is 31.3 Å². The molecular formula is C27H32N6O3. The highest BCUT2D eigenvalue weighted by Gasteiger charge is 2.24. The Bertz CT molecular complexity index is 1320. The zero-order valence-corrected chi connectivity index (χ0v) is 21.0. The second-order valence-electron chi connectivity index (χ2n) is 9.07. The molecule has 36 heavy (non-hydrogen) atoms. The molecule has 9 heteroatoms. The first kappa shape index (κ1) is 24.0. The van der Waals surface area contributed by atoms with E-state index in [2.05, 4.69) is 32.0 Å². The molecule has 0 radical (unpaired) electrons. The fraction of sp³-hybridized carbons (Fsp3) is 0.370. The van der Waals surface area contributed by atoms with Gasteiger partial charge in [0.15, 0.2) is 0 Å². The number of likely N-dealkylation sites (tertiary alicyclic amines) is 1. The third-order valence-corrected chi connectivity index (χ3v) is 6.81. The molecule has 0 bridgehead atoms. The number of fused-ring (bicyclic) bond motifs is 1. The van der Waals surface area contributed by atoms with Gasteiger partial charge in [0, 0.05) is 67.5 Å². The molecule has 0 spiro atoms. The Balaban J connectivity index is 1.53. The van der Waals surface area contributed by atoms with E-state index in [0.29, 0.717) is 0 Å². The van der Waals surface area contributed by atoms with Gasteiger partial charge in [-0.2, -0.15) is 5.10 Å². The largest absolute Gasteiger partial charge is 0.497 e. The van der Waals surface area contributed by atoms with Crippen LogP contribution in [0.3, 0.4) is 0 Å². The normalized spacial score (nSPS) is 15.9. The smallest absolute Gasteiger partial charge is 0.124 e. The highest BCUT2D eigenvalue weighted by Crippen LogP contribution is 2.34. The second kappa shape index (κ2) is 10.5. The lowest BCUT2D eigenvalue weighted by Gasteiger charge is -2.30. The molecule has 1 fully saturated rings. The van der Waals surface area contributed by atoms with Crippen LogP contribution in [0.1, 0.15) is 12.8 Å². The molecule has 5 rings (SSSR count). The third-order valence-electron chi connectivity index (χ3n) is 6.81. The van der Waals surface area contributed by atoms with Crippen molar-refractivity contribution in [2.24, 2.45) is 7.05 Å². The van der Waals surface area contributed by atoms with Crippen LogP contribution in [0.2, 0.25) is 0 Å². The number of aliphatic hydroxyl groups excluding tert-OH is 1. The van der Waals surface area contributed by atoms with Gasteiger partial charge in [-0.25, -0.2) is 4.98 Å². The Morgan fingerprint density at radius 3 is 2.53 bits per heavy atom. The summed E-state index contributed by atoms with van der Waals surface area (Å²) in [6.07, 6.45) is 7.66. The Labute approximate surface area is 210 Å². The highest BCUT2D eigenvalue weighted by atomic mass is 16.5. The first-order chi connectivity index (χ1) is 17.6. The lowest BCUT2D eigenvalue weighted by atomic mass is 10.2. The number of aromatic nitrogens is 4. The minimum Gasteiger partial charge on any atom is -0.497 e. The van der Waals surface area contributed by atoms with Crippen molar-refractivity contribution in [3.05, 3.63) is 55.0 Å². The van der Waals surface area contributed by atoms with Gasteiger partial charge in [-0.1, -0.05) is 0 Å². The van der Waals surface area contributed by atoms with Gasteiger partial charge in [0.05, 0.1) is 49.9 Å². The van der Waals surface area contributed by atoms with Crippen LogP contribution in [-0.2, 0) is 7.05 Å². The van der Waals surface area contributed by atoms with Crippen molar-refractivity contribution in [3.8, 4) is 22.8 Å². The van der Waals surface area contributed by atoms with Gasteiger partial charge in [0.25, 0.3) is 0 Å². The van der Waals surface area contributed by atoms with Gasteiger partial charge in [-0.15, -0.1) is 0 Å². The maximum absolute atomic E-state index is 9.80. The zero-order valence-electron chi connectivity index (χ0n) is 21.0. The van der Waals surface area contributed by atoms with Crippen LogP contribution in [0.5, 0.6) is 11.5 Å². The van der Waals surface area contributed by atoms with Crippen molar-refractivity contribution in [2.45, 2.75) is 18.9 Å². The Hall–Kier alpha value is -3.69. The number of hydrogen-bond donors (Lipinski definition) is 1. The summed E-state index contributed by atoms with van der Waals surface area (Å²) in [6.45, 7) is 2.74. The van der Waals surface area contributed by atoms with Gasteiger partial charge in [-0.05, 0) is 37.6 Å². The molecule has 0 amide bonds. The molecule has 188 valence electrons. The minimum atomic E-state index is 0.190. The molecule has 0 aliphatic carbocycles. The Kier molecular flexibility index (Phi) is 7.02. The number of hydrogen-bond acceptors (Lipinski definition) is 8. The van der Waals surface area contributed by atoms with Crippen LogP contribution in [0.4, 0.5) is 11.4 Å². The van der Waals surface area contributed by atoms with E-state index in [1.165, 1.54) is 0 Å². The average Bonchev–Trinajstić information content (AvgIpc) is 3.56. The van der Waals surface area contributed by atoms with Crippen LogP contribution in [-0.4, -0.2) is 76.3 Å². The van der Waals surface area contributed by atoms with E-state index in [-0.39, 0.29) is 12.6 Å². The fourth-order valence-electron chi connectivity index (χ4n) is 4.84. The number of nitrogens with zero attached hydrogens (tertiary/aromatic N) is 6. The summed E-state index contributed by atoms with van der Waals surface area (Å²) in [5.74, 6) is 1.45. The average molecular weight is 489 g/mol. The summed E-state index contributed by atoms with van der Waals surface area (Å²) >= 11 is 0. The summed E-state index contributed by atoms with van der Waals surface area (Å²) in [4.78, 5) is 14.1. The van der Waals surface area contributed by atoms with Crippen molar-refractivity contribution in [1.82, 2.24) is 24.6 Å². The van der Waals surface area contributed by atoms with E-state index in [9.17, 15) is 5.11 Å². The van der Waals surface area contributed by atoms with Crippen molar-refractivity contribution in [2.75, 3.05) is 45.4 Å². The summed E-state index contributed by atoms with van der Waals surface area (Å²) < 4.78 is 12.9. The van der Waals surface area contributed by atoms with Gasteiger partial charge < -0.3 is 19.5 Å². The minimum absolute atomic E-state index is 0.190. The first-order valence-corrected chi connectivity index (χ1v) is 12.2. The SMILES string of the molecule is COc1cc(OC)cc(N(CCN2CCCC2CO)c2ccc3ncc(-c4cnn(C)c4)nc3c2)c1. The Morgan fingerprint density at radius 2 is 1.83 bits per heavy atom. The highest BCUT2D eigenvalue weighted by molar-refractivity contribution is 5.82. The van der Waals surface area contributed by atoms with E-state index in [0.717, 1.165) is 77.6 Å². The fourth-order valence-corrected chi connectivity index (χ4v) is 4.84. The molecule has 2 aromatic heterocycles. The third kappa shape index (κ3) is 4.98. The molecule has 1 atom stereocenters. The van der Waals surface area contributed by atoms with E-state index >= 15 is 0 Å². The molecule has 1 N–H and O–H groups in total. The van der Waals surface area contributed by atoms with Crippen LogP contribution >= 0.6 is 0 Å². The lowest BCUT2D eigenvalue weighted by molar-refractivity contribution is 0.162. The van der Waals surface area contributed by atoms with Crippen LogP contribution in [0.25, 0.3) is 22.3 Å². The zero-order chi connectivity index (χ0) is 25.1. The number of methoxy groups -OCH3 is 2. The van der Waals surface area contributed by atoms with Crippen molar-refractivity contribution in [3.63, 3.8) is 0 Å². The molecule has 1 aliphatic rings. The van der Waals surface area contributed by atoms with Crippen LogP contribution in [0, 0.1) is 0 Å². The van der Waals surface area contributed by atoms with Crippen molar-refractivity contribution >= 4 is 22.4 Å². The molecule has 2 aromatic carbocycles. The summed E-state index contributed by atoms with van der Waals surface area (Å²) in [5, 5.41) is 14.1.